The summed E-state index contributed by atoms with van der Waals surface area (Å²) in [5, 5.41) is 9.01. The third kappa shape index (κ3) is 3.10. The van der Waals surface area contributed by atoms with E-state index in [0.717, 1.165) is 21.0 Å². The molecule has 3 heterocycles. The molecule has 0 aliphatic carbocycles. The second kappa shape index (κ2) is 6.02. The van der Waals surface area contributed by atoms with E-state index in [0.29, 0.717) is 11.3 Å². The number of pyridine rings is 1. The number of nitrogens with zero attached hydrogens (tertiary/aromatic N) is 3. The molecule has 3 rings (SSSR count). The predicted octanol–water partition coefficient (Wildman–Crippen LogP) is 3.96. The fraction of sp³-hybridized carbons (Fsp3) is 0.133. The number of amides is 1. The van der Waals surface area contributed by atoms with Gasteiger partial charge in [-0.05, 0) is 54.0 Å². The van der Waals surface area contributed by atoms with Gasteiger partial charge in [0.05, 0.1) is 26.9 Å². The molecule has 0 radical (unpaired) electrons. The van der Waals surface area contributed by atoms with Crippen molar-refractivity contribution in [2.45, 2.75) is 13.8 Å². The number of nitrogens with one attached hydrogen (secondary N) is 1. The van der Waals surface area contributed by atoms with Gasteiger partial charge in [0.1, 0.15) is 0 Å². The molecule has 7 heteroatoms. The van der Waals surface area contributed by atoms with Gasteiger partial charge in [-0.3, -0.25) is 4.79 Å². The van der Waals surface area contributed by atoms with Gasteiger partial charge in [0.15, 0.2) is 5.82 Å². The fourth-order valence-electron chi connectivity index (χ4n) is 2.08. The summed E-state index contributed by atoms with van der Waals surface area (Å²) in [6.07, 6.45) is 1.63. The lowest BCUT2D eigenvalue weighted by Crippen LogP contribution is -2.11. The number of thiophene rings is 1. The number of hydrogen-bond donors (Lipinski definition) is 1. The molecule has 0 saturated heterocycles. The number of rotatable bonds is 3. The Morgan fingerprint density at radius 2 is 2.14 bits per heavy atom. The van der Waals surface area contributed by atoms with Crippen molar-refractivity contribution in [1.82, 2.24) is 14.8 Å². The average Bonchev–Trinajstić information content (AvgIpc) is 3.05. The first-order chi connectivity index (χ1) is 10.5. The Hall–Kier alpha value is -1.99. The molecule has 0 unspecified atom stereocenters. The van der Waals surface area contributed by atoms with Gasteiger partial charge in [-0.25, -0.2) is 9.67 Å². The van der Waals surface area contributed by atoms with Crippen LogP contribution in [0.2, 0.25) is 0 Å². The number of aryl methyl sites for hydroxylation is 2. The van der Waals surface area contributed by atoms with E-state index in [1.807, 2.05) is 32.0 Å². The van der Waals surface area contributed by atoms with Crippen molar-refractivity contribution in [2.24, 2.45) is 0 Å². The van der Waals surface area contributed by atoms with Crippen LogP contribution >= 0.6 is 27.3 Å². The summed E-state index contributed by atoms with van der Waals surface area (Å²) in [4.78, 5) is 16.4. The molecule has 112 valence electrons. The molecule has 1 amide bonds. The predicted molar refractivity (Wildman–Crippen MR) is 90.8 cm³/mol. The number of carbonyl (C=O) groups is 1. The average molecular weight is 377 g/mol. The van der Waals surface area contributed by atoms with Gasteiger partial charge in [-0.15, -0.1) is 11.3 Å². The minimum Gasteiger partial charge on any atom is -0.321 e. The lowest BCUT2D eigenvalue weighted by Gasteiger charge is -2.06. The van der Waals surface area contributed by atoms with Gasteiger partial charge in [0, 0.05) is 11.1 Å². The Morgan fingerprint density at radius 1 is 1.32 bits per heavy atom. The molecule has 1 N–H and O–H groups in total. The third-order valence-corrected chi connectivity index (χ3v) is 4.57. The van der Waals surface area contributed by atoms with Gasteiger partial charge < -0.3 is 5.32 Å². The Bertz CT molecular complexity index is 822. The van der Waals surface area contributed by atoms with Crippen LogP contribution in [0.5, 0.6) is 0 Å². The summed E-state index contributed by atoms with van der Waals surface area (Å²) in [7, 11) is 0. The molecule has 0 aliphatic heterocycles. The molecular weight excluding hydrogens is 364 g/mol. The molecule has 0 atom stereocenters. The fourth-order valence-corrected chi connectivity index (χ4v) is 3.22. The smallest absolute Gasteiger partial charge is 0.256 e. The summed E-state index contributed by atoms with van der Waals surface area (Å²) >= 11 is 4.82. The second-order valence-electron chi connectivity index (χ2n) is 4.84. The van der Waals surface area contributed by atoms with Crippen LogP contribution < -0.4 is 5.32 Å². The first kappa shape index (κ1) is 14.9. The lowest BCUT2D eigenvalue weighted by molar-refractivity contribution is 0.102. The van der Waals surface area contributed by atoms with Gasteiger partial charge in [-0.1, -0.05) is 0 Å². The van der Waals surface area contributed by atoms with Crippen molar-refractivity contribution in [3.05, 3.63) is 56.6 Å². The van der Waals surface area contributed by atoms with Crippen molar-refractivity contribution < 1.29 is 4.79 Å². The highest BCUT2D eigenvalue weighted by Gasteiger charge is 2.09. The number of carbonyl (C=O) groups excluding carboxylic acids is 1. The molecule has 3 aromatic rings. The number of hydrogen-bond acceptors (Lipinski definition) is 4. The second-order valence-corrected chi connectivity index (χ2v) is 7.13. The van der Waals surface area contributed by atoms with E-state index in [1.54, 1.807) is 22.3 Å². The van der Waals surface area contributed by atoms with Crippen LogP contribution in [0, 0.1) is 13.8 Å². The highest BCUT2D eigenvalue weighted by atomic mass is 79.9. The van der Waals surface area contributed by atoms with Crippen molar-refractivity contribution in [3.8, 4) is 5.82 Å². The van der Waals surface area contributed by atoms with Crippen LogP contribution in [-0.2, 0) is 0 Å². The topological polar surface area (TPSA) is 59.8 Å². The molecule has 0 saturated carbocycles. The minimum atomic E-state index is -0.150. The van der Waals surface area contributed by atoms with Gasteiger partial charge >= 0.3 is 0 Å². The lowest BCUT2D eigenvalue weighted by atomic mass is 10.3. The van der Waals surface area contributed by atoms with E-state index in [-0.39, 0.29) is 5.91 Å². The van der Waals surface area contributed by atoms with Crippen LogP contribution in [-0.4, -0.2) is 20.7 Å². The van der Waals surface area contributed by atoms with Gasteiger partial charge in [0.25, 0.3) is 5.91 Å². The van der Waals surface area contributed by atoms with Crippen LogP contribution in [0.15, 0.2) is 39.6 Å². The van der Waals surface area contributed by atoms with E-state index in [1.165, 1.54) is 11.3 Å². The van der Waals surface area contributed by atoms with Gasteiger partial charge in [-0.2, -0.15) is 5.10 Å². The zero-order valence-electron chi connectivity index (χ0n) is 12.0. The first-order valence-electron chi connectivity index (χ1n) is 6.58. The monoisotopic (exact) mass is 376 g/mol. The van der Waals surface area contributed by atoms with Gasteiger partial charge in [0.2, 0.25) is 0 Å². The zero-order chi connectivity index (χ0) is 15.7. The van der Waals surface area contributed by atoms with Crippen LogP contribution in [0.1, 0.15) is 21.7 Å². The van der Waals surface area contributed by atoms with E-state index >= 15 is 0 Å². The zero-order valence-corrected chi connectivity index (χ0v) is 14.4. The van der Waals surface area contributed by atoms with Crippen LogP contribution in [0.25, 0.3) is 5.82 Å². The van der Waals surface area contributed by atoms with Crippen LogP contribution in [0.3, 0.4) is 0 Å². The van der Waals surface area contributed by atoms with Crippen molar-refractivity contribution >= 4 is 38.9 Å². The van der Waals surface area contributed by atoms with Crippen molar-refractivity contribution in [3.63, 3.8) is 0 Å². The largest absolute Gasteiger partial charge is 0.321 e. The summed E-state index contributed by atoms with van der Waals surface area (Å²) in [6, 6.07) is 7.43. The Balaban J connectivity index is 1.77. The SMILES string of the molecule is Cc1cc(C)n(-c2ccc(NC(=O)c3csc(Br)c3)cn2)n1. The minimum absolute atomic E-state index is 0.150. The van der Waals surface area contributed by atoms with Crippen molar-refractivity contribution in [1.29, 1.82) is 0 Å². The van der Waals surface area contributed by atoms with E-state index in [2.05, 4.69) is 31.3 Å². The van der Waals surface area contributed by atoms with Crippen molar-refractivity contribution in [2.75, 3.05) is 5.32 Å². The molecule has 0 spiro atoms. The Kier molecular flexibility index (Phi) is 4.08. The first-order valence-corrected chi connectivity index (χ1v) is 8.25. The van der Waals surface area contributed by atoms with E-state index in [4.69, 9.17) is 0 Å². The summed E-state index contributed by atoms with van der Waals surface area (Å²) < 4.78 is 2.70. The highest BCUT2D eigenvalue weighted by molar-refractivity contribution is 9.11. The molecule has 0 aliphatic rings. The summed E-state index contributed by atoms with van der Waals surface area (Å²) in [5.41, 5.74) is 3.24. The van der Waals surface area contributed by atoms with Crippen LogP contribution in [0.4, 0.5) is 5.69 Å². The van der Waals surface area contributed by atoms with E-state index in [9.17, 15) is 4.79 Å². The molecule has 22 heavy (non-hydrogen) atoms. The maximum atomic E-state index is 12.1. The normalized spacial score (nSPS) is 10.7. The molecule has 0 fully saturated rings. The molecule has 3 aromatic heterocycles. The standard InChI is InChI=1S/C15H13BrN4OS/c1-9-5-10(2)20(19-9)14-4-3-12(7-17-14)18-15(21)11-6-13(16)22-8-11/h3-8H,1-2H3,(H,18,21). The summed E-state index contributed by atoms with van der Waals surface area (Å²) in [5.74, 6) is 0.574. The van der Waals surface area contributed by atoms with E-state index < -0.39 is 0 Å². The Labute approximate surface area is 140 Å². The summed E-state index contributed by atoms with van der Waals surface area (Å²) in [6.45, 7) is 3.92. The molecule has 5 nitrogen and oxygen atoms in total. The number of halogens is 1. The molecule has 0 bridgehead atoms. The third-order valence-electron chi connectivity index (χ3n) is 3.06. The Morgan fingerprint density at radius 3 is 2.68 bits per heavy atom. The number of anilines is 1. The maximum Gasteiger partial charge on any atom is 0.256 e. The number of aromatic nitrogens is 3. The molecule has 0 aromatic carbocycles. The highest BCUT2D eigenvalue weighted by Crippen LogP contribution is 2.21. The molecular formula is C15H13BrN4OS. The quantitative estimate of drug-likeness (QED) is 0.752. The maximum absolute atomic E-state index is 12.1.